The quantitative estimate of drug-likeness (QED) is 0.214. The first-order chi connectivity index (χ1) is 20.3. The minimum Gasteiger partial charge on any atom is -0.493 e. The van der Waals surface area contributed by atoms with E-state index in [4.69, 9.17) is 14.2 Å². The molecule has 1 N–H and O–H groups in total. The largest absolute Gasteiger partial charge is 0.493 e. The summed E-state index contributed by atoms with van der Waals surface area (Å²) >= 11 is 0. The third-order valence-corrected chi connectivity index (χ3v) is 7.61. The standard InChI is InChI=1S/C34H36N2O6/c1-5-29(37)42-32-28(40-4)18-19-35-31(32)33(38)36-20(2)34(39)41-21(3)30(26-14-10-24(11-15-26)22-6-7-22)27-16-12-25(13-17-27)23-8-9-23/h10-20,22-23H,5-9H2,1-4H3,(H,36,38)/t20-/m0/s1. The van der Waals surface area contributed by atoms with Gasteiger partial charge in [-0.25, -0.2) is 9.78 Å². The number of carbonyl (C=O) groups excluding carboxylic acids is 3. The van der Waals surface area contributed by atoms with Crippen LogP contribution in [0.2, 0.25) is 0 Å². The molecule has 8 heteroatoms. The van der Waals surface area contributed by atoms with Crippen molar-refractivity contribution in [3.8, 4) is 11.5 Å². The minimum atomic E-state index is -1.02. The zero-order valence-corrected chi connectivity index (χ0v) is 24.4. The highest BCUT2D eigenvalue weighted by Crippen LogP contribution is 2.42. The number of carbonyl (C=O) groups is 3. The molecule has 0 bridgehead atoms. The molecule has 2 aliphatic carbocycles. The van der Waals surface area contributed by atoms with E-state index in [1.807, 2.05) is 0 Å². The van der Waals surface area contributed by atoms with Gasteiger partial charge in [-0.05, 0) is 73.6 Å². The summed E-state index contributed by atoms with van der Waals surface area (Å²) in [6.07, 6.45) is 6.35. The van der Waals surface area contributed by atoms with Gasteiger partial charge in [0.05, 0.1) is 7.11 Å². The maximum atomic E-state index is 13.2. The Morgan fingerprint density at radius 2 is 1.45 bits per heavy atom. The summed E-state index contributed by atoms with van der Waals surface area (Å²) in [4.78, 5) is 42.4. The predicted molar refractivity (Wildman–Crippen MR) is 158 cm³/mol. The molecule has 0 radical (unpaired) electrons. The molecule has 0 unspecified atom stereocenters. The first kappa shape index (κ1) is 29.0. The highest BCUT2D eigenvalue weighted by molar-refractivity contribution is 5.99. The van der Waals surface area contributed by atoms with E-state index in [-0.39, 0.29) is 23.6 Å². The van der Waals surface area contributed by atoms with Crippen LogP contribution < -0.4 is 14.8 Å². The average molecular weight is 569 g/mol. The molecule has 1 aromatic heterocycles. The summed E-state index contributed by atoms with van der Waals surface area (Å²) in [5.74, 6) is -0.120. The topological polar surface area (TPSA) is 104 Å². The second kappa shape index (κ2) is 12.6. The highest BCUT2D eigenvalue weighted by atomic mass is 16.6. The molecule has 0 aliphatic heterocycles. The van der Waals surface area contributed by atoms with Crippen LogP contribution >= 0.6 is 0 Å². The molecule has 0 spiro atoms. The fourth-order valence-corrected chi connectivity index (χ4v) is 4.90. The van der Waals surface area contributed by atoms with Crippen molar-refractivity contribution in [1.82, 2.24) is 10.3 Å². The molecule has 3 aromatic rings. The van der Waals surface area contributed by atoms with Crippen molar-refractivity contribution >= 4 is 23.4 Å². The number of esters is 2. The number of allylic oxidation sites excluding steroid dienone is 1. The first-order valence-electron chi connectivity index (χ1n) is 14.5. The van der Waals surface area contributed by atoms with Gasteiger partial charge in [0.15, 0.2) is 11.4 Å². The smallest absolute Gasteiger partial charge is 0.333 e. The van der Waals surface area contributed by atoms with Crippen LogP contribution in [-0.2, 0) is 14.3 Å². The molecule has 5 rings (SSSR count). The number of ether oxygens (including phenoxy) is 3. The number of methoxy groups -OCH3 is 1. The highest BCUT2D eigenvalue weighted by Gasteiger charge is 2.27. The van der Waals surface area contributed by atoms with Crippen LogP contribution in [0.25, 0.3) is 5.57 Å². The van der Waals surface area contributed by atoms with Crippen LogP contribution in [0.4, 0.5) is 0 Å². The van der Waals surface area contributed by atoms with Gasteiger partial charge in [0, 0.05) is 24.3 Å². The minimum absolute atomic E-state index is 0.0996. The molecule has 2 aromatic carbocycles. The number of nitrogens with one attached hydrogen (secondary N) is 1. The first-order valence-corrected chi connectivity index (χ1v) is 14.5. The normalized spacial score (nSPS) is 14.9. The Labute approximate surface area is 246 Å². The lowest BCUT2D eigenvalue weighted by Crippen LogP contribution is -2.40. The third kappa shape index (κ3) is 6.70. The Kier molecular flexibility index (Phi) is 8.71. The zero-order valence-electron chi connectivity index (χ0n) is 24.4. The number of amides is 1. The maximum Gasteiger partial charge on any atom is 0.333 e. The van der Waals surface area contributed by atoms with E-state index in [0.717, 1.165) is 16.7 Å². The molecule has 0 saturated heterocycles. The SMILES string of the molecule is CCC(=O)Oc1c(OC)ccnc1C(=O)N[C@@H](C)C(=O)OC(C)=C(c1ccc(C2CC2)cc1)c1ccc(C2CC2)cc1. The van der Waals surface area contributed by atoms with Gasteiger partial charge in [0.25, 0.3) is 5.91 Å². The van der Waals surface area contributed by atoms with Crippen molar-refractivity contribution in [1.29, 1.82) is 0 Å². The molecule has 2 fully saturated rings. The Bertz CT molecular complexity index is 1440. The van der Waals surface area contributed by atoms with E-state index in [9.17, 15) is 14.4 Å². The molecule has 42 heavy (non-hydrogen) atoms. The third-order valence-electron chi connectivity index (χ3n) is 7.61. The van der Waals surface area contributed by atoms with Gasteiger partial charge < -0.3 is 19.5 Å². The summed E-state index contributed by atoms with van der Waals surface area (Å²) in [5.41, 5.74) is 5.18. The van der Waals surface area contributed by atoms with Crippen LogP contribution in [0.15, 0.2) is 66.6 Å². The molecule has 2 saturated carbocycles. The molecular formula is C34H36N2O6. The van der Waals surface area contributed by atoms with E-state index < -0.39 is 23.9 Å². The molecule has 218 valence electrons. The van der Waals surface area contributed by atoms with E-state index in [1.54, 1.807) is 13.8 Å². The number of aromatic nitrogens is 1. The monoisotopic (exact) mass is 568 g/mol. The van der Waals surface area contributed by atoms with E-state index >= 15 is 0 Å². The van der Waals surface area contributed by atoms with Crippen LogP contribution in [0, 0.1) is 0 Å². The predicted octanol–water partition coefficient (Wildman–Crippen LogP) is 6.30. The van der Waals surface area contributed by atoms with Gasteiger partial charge in [0.2, 0.25) is 5.75 Å². The van der Waals surface area contributed by atoms with Crippen LogP contribution in [-0.4, -0.2) is 36.0 Å². The molecular weight excluding hydrogens is 532 g/mol. The van der Waals surface area contributed by atoms with Crippen molar-refractivity contribution in [2.75, 3.05) is 7.11 Å². The second-order valence-corrected chi connectivity index (χ2v) is 10.9. The van der Waals surface area contributed by atoms with Crippen molar-refractivity contribution in [2.45, 2.75) is 70.8 Å². The van der Waals surface area contributed by atoms with Gasteiger partial charge in [0.1, 0.15) is 11.8 Å². The summed E-state index contributed by atoms with van der Waals surface area (Å²) in [5, 5.41) is 2.61. The average Bonchev–Trinajstić information content (AvgIpc) is 3.92. The van der Waals surface area contributed by atoms with Crippen molar-refractivity contribution in [2.24, 2.45) is 0 Å². The fraction of sp³-hybridized carbons (Fsp3) is 0.353. The fourth-order valence-electron chi connectivity index (χ4n) is 4.90. The van der Waals surface area contributed by atoms with Gasteiger partial charge in [-0.15, -0.1) is 0 Å². The van der Waals surface area contributed by atoms with E-state index in [0.29, 0.717) is 17.6 Å². The lowest BCUT2D eigenvalue weighted by Gasteiger charge is -2.18. The van der Waals surface area contributed by atoms with Crippen LogP contribution in [0.5, 0.6) is 11.5 Å². The van der Waals surface area contributed by atoms with Gasteiger partial charge in [-0.2, -0.15) is 0 Å². The number of pyridine rings is 1. The molecule has 1 atom stereocenters. The molecule has 1 amide bonds. The summed E-state index contributed by atoms with van der Waals surface area (Å²) in [7, 11) is 1.39. The van der Waals surface area contributed by atoms with Crippen LogP contribution in [0.1, 0.15) is 97.5 Å². The number of hydrogen-bond acceptors (Lipinski definition) is 7. The Morgan fingerprint density at radius 3 is 1.93 bits per heavy atom. The van der Waals surface area contributed by atoms with Crippen LogP contribution in [0.3, 0.4) is 0 Å². The summed E-state index contributed by atoms with van der Waals surface area (Å²) in [6, 6.07) is 17.4. The van der Waals surface area contributed by atoms with Gasteiger partial charge >= 0.3 is 11.9 Å². The number of benzene rings is 2. The van der Waals surface area contributed by atoms with E-state index in [2.05, 4.69) is 58.8 Å². The van der Waals surface area contributed by atoms with E-state index in [1.165, 1.54) is 63.1 Å². The second-order valence-electron chi connectivity index (χ2n) is 10.9. The van der Waals surface area contributed by atoms with Crippen molar-refractivity contribution in [3.05, 3.63) is 94.5 Å². The Hall–Kier alpha value is -4.46. The number of hydrogen-bond donors (Lipinski definition) is 1. The molecule has 2 aliphatic rings. The van der Waals surface area contributed by atoms with Crippen molar-refractivity contribution in [3.63, 3.8) is 0 Å². The lowest BCUT2D eigenvalue weighted by molar-refractivity contribution is -0.141. The molecule has 8 nitrogen and oxygen atoms in total. The number of nitrogens with zero attached hydrogens (tertiary/aromatic N) is 1. The van der Waals surface area contributed by atoms with Gasteiger partial charge in [-0.3, -0.25) is 9.59 Å². The Morgan fingerprint density at radius 1 is 0.905 bits per heavy atom. The maximum absolute atomic E-state index is 13.2. The van der Waals surface area contributed by atoms with Gasteiger partial charge in [-0.1, -0.05) is 55.5 Å². The van der Waals surface area contributed by atoms with Crippen molar-refractivity contribution < 1.29 is 28.6 Å². The summed E-state index contributed by atoms with van der Waals surface area (Å²) < 4.78 is 16.4. The number of rotatable bonds is 11. The lowest BCUT2D eigenvalue weighted by atomic mass is 9.94. The summed E-state index contributed by atoms with van der Waals surface area (Å²) in [6.45, 7) is 4.92. The molecule has 1 heterocycles. The zero-order chi connectivity index (χ0) is 29.8. The Balaban J connectivity index is 1.37.